The molecule has 2 heterocycles. The first kappa shape index (κ1) is 25.1. The van der Waals surface area contributed by atoms with Crippen molar-refractivity contribution in [3.8, 4) is 11.3 Å². The third-order valence-corrected chi connectivity index (χ3v) is 8.78. The molecule has 0 aliphatic heterocycles. The first-order valence-electron chi connectivity index (χ1n) is 10.0. The average Bonchev–Trinajstić information content (AvgIpc) is 3.16. The molecule has 2 aromatic heterocycles. The van der Waals surface area contributed by atoms with Gasteiger partial charge in [-0.25, -0.2) is 26.5 Å². The molecule has 33 heavy (non-hydrogen) atoms. The third kappa shape index (κ3) is 6.73. The molecule has 0 amide bonds. The maximum absolute atomic E-state index is 12.9. The molecule has 0 fully saturated rings. The molecule has 9 nitrogen and oxygen atoms in total. The van der Waals surface area contributed by atoms with Gasteiger partial charge in [0.15, 0.2) is 9.84 Å². The number of hydrogen-bond donors (Lipinski definition) is 3. The summed E-state index contributed by atoms with van der Waals surface area (Å²) in [6.45, 7) is 5.83. The summed E-state index contributed by atoms with van der Waals surface area (Å²) >= 11 is 1.11. The molecule has 0 saturated heterocycles. The highest BCUT2D eigenvalue weighted by atomic mass is 32.2. The fourth-order valence-corrected chi connectivity index (χ4v) is 6.49. The SMILES string of the molecule is CC(C)(C)NS(=O)(=O)c1sccc1-c1cc(NCCc2ccc(S(C)(=O)=O)cc2)nc(N)n1. The van der Waals surface area contributed by atoms with E-state index in [1.807, 2.05) is 0 Å². The van der Waals surface area contributed by atoms with E-state index in [9.17, 15) is 16.8 Å². The van der Waals surface area contributed by atoms with Crippen LogP contribution < -0.4 is 15.8 Å². The van der Waals surface area contributed by atoms with Gasteiger partial charge in [-0.15, -0.1) is 11.3 Å². The molecule has 0 aliphatic rings. The normalized spacial score (nSPS) is 12.6. The summed E-state index contributed by atoms with van der Waals surface area (Å²) < 4.78 is 51.7. The van der Waals surface area contributed by atoms with Gasteiger partial charge in [0.05, 0.1) is 10.6 Å². The number of thiophene rings is 1. The van der Waals surface area contributed by atoms with Crippen LogP contribution in [0.3, 0.4) is 0 Å². The summed E-state index contributed by atoms with van der Waals surface area (Å²) in [6.07, 6.45) is 1.79. The van der Waals surface area contributed by atoms with Gasteiger partial charge in [-0.2, -0.15) is 4.98 Å². The van der Waals surface area contributed by atoms with Crippen LogP contribution in [-0.4, -0.2) is 45.1 Å². The number of benzene rings is 1. The maximum atomic E-state index is 12.9. The van der Waals surface area contributed by atoms with E-state index in [1.54, 1.807) is 62.5 Å². The molecule has 0 spiro atoms. The number of nitrogens with two attached hydrogens (primary N) is 1. The number of hydrogen-bond acceptors (Lipinski definition) is 9. The van der Waals surface area contributed by atoms with E-state index < -0.39 is 25.4 Å². The smallest absolute Gasteiger partial charge is 0.251 e. The molecule has 0 atom stereocenters. The van der Waals surface area contributed by atoms with Crippen molar-refractivity contribution in [3.63, 3.8) is 0 Å². The monoisotopic (exact) mass is 509 g/mol. The predicted molar refractivity (Wildman–Crippen MR) is 132 cm³/mol. The largest absolute Gasteiger partial charge is 0.370 e. The molecule has 0 aliphatic carbocycles. The number of sulfonamides is 1. The van der Waals surface area contributed by atoms with E-state index in [1.165, 1.54) is 6.26 Å². The van der Waals surface area contributed by atoms with Gasteiger partial charge >= 0.3 is 0 Å². The minimum absolute atomic E-state index is 0.0193. The topological polar surface area (TPSA) is 144 Å². The Morgan fingerprint density at radius 1 is 1.03 bits per heavy atom. The molecular weight excluding hydrogens is 482 g/mol. The number of anilines is 2. The van der Waals surface area contributed by atoms with Gasteiger partial charge in [-0.1, -0.05) is 12.1 Å². The number of nitrogen functional groups attached to an aromatic ring is 1. The number of nitrogens with zero attached hydrogens (tertiary/aromatic N) is 2. The molecule has 0 unspecified atom stereocenters. The molecule has 1 aromatic carbocycles. The molecule has 0 radical (unpaired) electrons. The second-order valence-electron chi connectivity index (χ2n) is 8.57. The fourth-order valence-electron chi connectivity index (χ4n) is 3.08. The van der Waals surface area contributed by atoms with Crippen LogP contribution in [-0.2, 0) is 26.3 Å². The lowest BCUT2D eigenvalue weighted by atomic mass is 10.1. The Labute approximate surface area is 198 Å². The van der Waals surface area contributed by atoms with Crippen LogP contribution in [0.2, 0.25) is 0 Å². The van der Waals surface area contributed by atoms with Crippen molar-refractivity contribution in [3.05, 3.63) is 47.3 Å². The Morgan fingerprint density at radius 2 is 1.70 bits per heavy atom. The molecule has 178 valence electrons. The predicted octanol–water partition coefficient (Wildman–Crippen LogP) is 2.92. The Bertz CT molecular complexity index is 1340. The minimum atomic E-state index is -3.74. The number of sulfone groups is 1. The van der Waals surface area contributed by atoms with E-state index in [4.69, 9.17) is 5.73 Å². The lowest BCUT2D eigenvalue weighted by Crippen LogP contribution is -2.40. The van der Waals surface area contributed by atoms with Crippen LogP contribution in [0.1, 0.15) is 26.3 Å². The summed E-state index contributed by atoms with van der Waals surface area (Å²) in [5.41, 5.74) is 7.06. The molecule has 0 saturated carbocycles. The zero-order valence-electron chi connectivity index (χ0n) is 18.8. The summed E-state index contributed by atoms with van der Waals surface area (Å²) in [6, 6.07) is 10.0. The van der Waals surface area contributed by atoms with Crippen molar-refractivity contribution in [2.24, 2.45) is 0 Å². The Hall–Kier alpha value is -2.54. The van der Waals surface area contributed by atoms with Gasteiger partial charge < -0.3 is 11.1 Å². The highest BCUT2D eigenvalue weighted by Gasteiger charge is 2.27. The van der Waals surface area contributed by atoms with Crippen LogP contribution in [0.25, 0.3) is 11.3 Å². The van der Waals surface area contributed by atoms with E-state index in [-0.39, 0.29) is 15.1 Å². The van der Waals surface area contributed by atoms with Crippen molar-refractivity contribution in [1.29, 1.82) is 0 Å². The Kier molecular flexibility index (Phi) is 7.13. The summed E-state index contributed by atoms with van der Waals surface area (Å²) in [5.74, 6) is 0.481. The molecule has 3 rings (SSSR count). The standard InChI is InChI=1S/C21H27N5O4S3/c1-21(2,3)26-33(29,30)19-16(10-12-31-19)17-13-18(25-20(22)24-17)23-11-9-14-5-7-15(8-6-14)32(4,27)28/h5-8,10,12-13,26H,9,11H2,1-4H3,(H3,22,23,24,25). The van der Waals surface area contributed by atoms with Gasteiger partial charge in [0.2, 0.25) is 5.95 Å². The van der Waals surface area contributed by atoms with Gasteiger partial charge in [0, 0.05) is 30.0 Å². The van der Waals surface area contributed by atoms with E-state index >= 15 is 0 Å². The van der Waals surface area contributed by atoms with Gasteiger partial charge in [-0.05, 0) is 56.3 Å². The van der Waals surface area contributed by atoms with Gasteiger partial charge in [-0.3, -0.25) is 0 Å². The molecular formula is C21H27N5O4S3. The highest BCUT2D eigenvalue weighted by Crippen LogP contribution is 2.33. The fraction of sp³-hybridized carbons (Fsp3) is 0.333. The first-order chi connectivity index (χ1) is 15.2. The second kappa shape index (κ2) is 9.37. The molecule has 3 aromatic rings. The highest BCUT2D eigenvalue weighted by molar-refractivity contribution is 7.91. The van der Waals surface area contributed by atoms with Gasteiger partial charge in [0.1, 0.15) is 10.0 Å². The lowest BCUT2D eigenvalue weighted by molar-refractivity contribution is 0.492. The number of nitrogens with one attached hydrogen (secondary N) is 2. The molecule has 0 bridgehead atoms. The van der Waals surface area contributed by atoms with Crippen molar-refractivity contribution in [2.45, 2.75) is 41.8 Å². The Balaban J connectivity index is 1.77. The van der Waals surface area contributed by atoms with Crippen molar-refractivity contribution in [2.75, 3.05) is 23.9 Å². The van der Waals surface area contributed by atoms with Crippen LogP contribution in [0, 0.1) is 0 Å². The molecule has 12 heteroatoms. The van der Waals surface area contributed by atoms with E-state index in [2.05, 4.69) is 20.0 Å². The van der Waals surface area contributed by atoms with Crippen LogP contribution in [0.4, 0.5) is 11.8 Å². The van der Waals surface area contributed by atoms with Crippen LogP contribution in [0.5, 0.6) is 0 Å². The zero-order valence-corrected chi connectivity index (χ0v) is 21.2. The zero-order chi connectivity index (χ0) is 24.4. The Morgan fingerprint density at radius 3 is 2.30 bits per heavy atom. The van der Waals surface area contributed by atoms with Crippen LogP contribution >= 0.6 is 11.3 Å². The number of aromatic nitrogens is 2. The van der Waals surface area contributed by atoms with E-state index in [0.717, 1.165) is 16.9 Å². The maximum Gasteiger partial charge on any atom is 0.251 e. The summed E-state index contributed by atoms with van der Waals surface area (Å²) in [5, 5.41) is 4.86. The average molecular weight is 510 g/mol. The lowest BCUT2D eigenvalue weighted by Gasteiger charge is -2.20. The summed E-state index contributed by atoms with van der Waals surface area (Å²) in [7, 11) is -6.97. The third-order valence-electron chi connectivity index (χ3n) is 4.41. The number of rotatable bonds is 8. The van der Waals surface area contributed by atoms with Crippen molar-refractivity contribution < 1.29 is 16.8 Å². The second-order valence-corrected chi connectivity index (χ2v) is 13.4. The van der Waals surface area contributed by atoms with Crippen molar-refractivity contribution in [1.82, 2.24) is 14.7 Å². The minimum Gasteiger partial charge on any atom is -0.370 e. The van der Waals surface area contributed by atoms with Crippen LogP contribution in [0.15, 0.2) is 50.9 Å². The summed E-state index contributed by atoms with van der Waals surface area (Å²) in [4.78, 5) is 8.69. The quantitative estimate of drug-likeness (QED) is 0.420. The van der Waals surface area contributed by atoms with Gasteiger partial charge in [0.25, 0.3) is 10.0 Å². The molecule has 4 N–H and O–H groups in total. The first-order valence-corrected chi connectivity index (χ1v) is 14.3. The van der Waals surface area contributed by atoms with E-state index in [0.29, 0.717) is 30.0 Å². The van der Waals surface area contributed by atoms with Crippen molar-refractivity contribution >= 4 is 43.0 Å².